The van der Waals surface area contributed by atoms with Gasteiger partial charge in [0.1, 0.15) is 24.0 Å². The van der Waals surface area contributed by atoms with Crippen molar-refractivity contribution in [1.82, 2.24) is 14.5 Å². The number of para-hydroxylation sites is 1. The average molecular weight is 540 g/mol. The predicted molar refractivity (Wildman–Crippen MR) is 156 cm³/mol. The molecule has 4 aromatic carbocycles. The molecule has 40 heavy (non-hydrogen) atoms. The minimum Gasteiger partial charge on any atom is -0.491 e. The smallest absolute Gasteiger partial charge is 0.252 e. The van der Waals surface area contributed by atoms with Crippen LogP contribution in [-0.2, 0) is 0 Å². The fourth-order valence-electron chi connectivity index (χ4n) is 4.83. The van der Waals surface area contributed by atoms with Gasteiger partial charge in [0.2, 0.25) is 0 Å². The van der Waals surface area contributed by atoms with Crippen molar-refractivity contribution < 1.29 is 19.0 Å². The van der Waals surface area contributed by atoms with E-state index >= 15 is 0 Å². The summed E-state index contributed by atoms with van der Waals surface area (Å²) in [4.78, 5) is 20.1. The van der Waals surface area contributed by atoms with Crippen molar-refractivity contribution >= 4 is 38.7 Å². The molecule has 0 bridgehead atoms. The largest absolute Gasteiger partial charge is 0.491 e. The van der Waals surface area contributed by atoms with Gasteiger partial charge in [-0.3, -0.25) is 4.79 Å². The minimum absolute atomic E-state index is 0.0181. The summed E-state index contributed by atoms with van der Waals surface area (Å²) in [6.45, 7) is 3.76. The summed E-state index contributed by atoms with van der Waals surface area (Å²) in [5.41, 5.74) is 16.4. The topological polar surface area (TPSA) is 132 Å². The molecule has 6 aromatic rings. The van der Waals surface area contributed by atoms with E-state index in [0.29, 0.717) is 16.9 Å². The maximum atomic E-state index is 13.8. The van der Waals surface area contributed by atoms with Crippen molar-refractivity contribution in [3.05, 3.63) is 90.2 Å². The Balaban J connectivity index is 0.00000158. The van der Waals surface area contributed by atoms with Crippen LogP contribution < -0.4 is 16.2 Å². The number of nitrogens with zero attached hydrogens (tertiary/aromatic N) is 2. The standard InChI is InChI=1S/C29H24FN5O3.C2H6/c30-16-8-11-22-23(12-16)34-29(33-22)21-5-3-7-25-27(21)19-4-1-2-6-24(19)35(25)18-9-10-20(28(32)37)26(13-18)38-15-17(31)14-36;1-2/h1-13,17,36H,14-15,31H2,(H2,32,37)(H,33,34);1-2H3. The molecule has 1 amide bonds. The van der Waals surface area contributed by atoms with Gasteiger partial charge < -0.3 is 30.9 Å². The zero-order valence-electron chi connectivity index (χ0n) is 22.2. The summed E-state index contributed by atoms with van der Waals surface area (Å²) in [5.74, 6) is -0.0553. The first kappa shape index (κ1) is 26.9. The highest BCUT2D eigenvalue weighted by molar-refractivity contribution is 6.15. The van der Waals surface area contributed by atoms with Crippen LogP contribution in [0.5, 0.6) is 5.75 Å². The van der Waals surface area contributed by atoms with Crippen LogP contribution in [0.25, 0.3) is 49.9 Å². The molecular formula is C31H30FN5O3. The molecule has 0 saturated carbocycles. The predicted octanol–water partition coefficient (Wildman–Crippen LogP) is 5.29. The van der Waals surface area contributed by atoms with Gasteiger partial charge in [-0.05, 0) is 42.5 Å². The highest BCUT2D eigenvalue weighted by atomic mass is 19.1. The van der Waals surface area contributed by atoms with Crippen LogP contribution >= 0.6 is 0 Å². The van der Waals surface area contributed by atoms with E-state index in [2.05, 4.69) is 9.55 Å². The van der Waals surface area contributed by atoms with Gasteiger partial charge in [0.25, 0.3) is 5.91 Å². The van der Waals surface area contributed by atoms with E-state index in [1.54, 1.807) is 24.3 Å². The van der Waals surface area contributed by atoms with Crippen molar-refractivity contribution in [2.75, 3.05) is 13.2 Å². The highest BCUT2D eigenvalue weighted by Crippen LogP contribution is 2.38. The first-order chi connectivity index (χ1) is 19.4. The minimum atomic E-state index is -0.630. The first-order valence-electron chi connectivity index (χ1n) is 13.1. The van der Waals surface area contributed by atoms with Crippen molar-refractivity contribution in [2.24, 2.45) is 11.5 Å². The highest BCUT2D eigenvalue weighted by Gasteiger charge is 2.19. The number of imidazole rings is 1. The van der Waals surface area contributed by atoms with Gasteiger partial charge in [-0.15, -0.1) is 0 Å². The van der Waals surface area contributed by atoms with Gasteiger partial charge in [-0.1, -0.05) is 44.2 Å². The van der Waals surface area contributed by atoms with Gasteiger partial charge >= 0.3 is 0 Å². The number of aliphatic hydroxyl groups excluding tert-OH is 1. The second kappa shape index (κ2) is 11.2. The molecule has 0 aliphatic rings. The fraction of sp³-hybridized carbons (Fsp3) is 0.161. The summed E-state index contributed by atoms with van der Waals surface area (Å²) in [6.07, 6.45) is 0. The molecule has 6 rings (SSSR count). The van der Waals surface area contributed by atoms with E-state index in [0.717, 1.165) is 33.1 Å². The number of nitrogens with two attached hydrogens (primary N) is 2. The third kappa shape index (κ3) is 4.76. The van der Waals surface area contributed by atoms with Crippen LogP contribution in [0.15, 0.2) is 78.9 Å². The van der Waals surface area contributed by atoms with Gasteiger partial charge in [-0.2, -0.15) is 0 Å². The zero-order chi connectivity index (χ0) is 28.4. The van der Waals surface area contributed by atoms with Crippen molar-refractivity contribution in [3.63, 3.8) is 0 Å². The van der Waals surface area contributed by atoms with Crippen LogP contribution in [0.2, 0.25) is 0 Å². The number of halogens is 1. The third-order valence-electron chi connectivity index (χ3n) is 6.57. The summed E-state index contributed by atoms with van der Waals surface area (Å²) >= 11 is 0. The second-order valence-electron chi connectivity index (χ2n) is 9.10. The monoisotopic (exact) mass is 539 g/mol. The lowest BCUT2D eigenvalue weighted by atomic mass is 10.1. The van der Waals surface area contributed by atoms with E-state index in [9.17, 15) is 14.3 Å². The summed E-state index contributed by atoms with van der Waals surface area (Å²) in [5, 5.41) is 11.2. The van der Waals surface area contributed by atoms with Crippen LogP contribution in [0.3, 0.4) is 0 Å². The number of carbonyl (C=O) groups is 1. The third-order valence-corrected chi connectivity index (χ3v) is 6.57. The summed E-state index contributed by atoms with van der Waals surface area (Å²) in [6, 6.07) is 22.9. The zero-order valence-corrected chi connectivity index (χ0v) is 22.2. The van der Waals surface area contributed by atoms with Crippen molar-refractivity contribution in [1.29, 1.82) is 0 Å². The molecule has 2 aromatic heterocycles. The van der Waals surface area contributed by atoms with Crippen LogP contribution in [-0.4, -0.2) is 44.8 Å². The van der Waals surface area contributed by atoms with Crippen molar-refractivity contribution in [2.45, 2.75) is 19.9 Å². The van der Waals surface area contributed by atoms with Crippen LogP contribution in [0.4, 0.5) is 4.39 Å². The van der Waals surface area contributed by atoms with Gasteiger partial charge in [0.15, 0.2) is 0 Å². The number of ether oxygens (including phenoxy) is 1. The molecular weight excluding hydrogens is 509 g/mol. The van der Waals surface area contributed by atoms with Crippen molar-refractivity contribution in [3.8, 4) is 22.8 Å². The normalized spacial score (nSPS) is 11.9. The van der Waals surface area contributed by atoms with Crippen LogP contribution in [0, 0.1) is 5.82 Å². The number of rotatable bonds is 7. The molecule has 0 saturated heterocycles. The number of benzene rings is 4. The van der Waals surface area contributed by atoms with Gasteiger partial charge in [-0.25, -0.2) is 9.37 Å². The molecule has 0 spiro atoms. The molecule has 1 unspecified atom stereocenters. The number of H-pyrrole nitrogens is 1. The maximum Gasteiger partial charge on any atom is 0.252 e. The Morgan fingerprint density at radius 3 is 2.60 bits per heavy atom. The number of hydrogen-bond acceptors (Lipinski definition) is 5. The molecule has 0 aliphatic carbocycles. The Morgan fingerprint density at radius 2 is 1.82 bits per heavy atom. The number of amides is 1. The number of hydrogen-bond donors (Lipinski definition) is 4. The summed E-state index contributed by atoms with van der Waals surface area (Å²) < 4.78 is 21.7. The molecule has 9 heteroatoms. The Labute approximate surface area is 230 Å². The fourth-order valence-corrected chi connectivity index (χ4v) is 4.83. The van der Waals surface area contributed by atoms with E-state index in [-0.39, 0.29) is 30.3 Å². The number of aromatic amines is 1. The van der Waals surface area contributed by atoms with E-state index in [1.165, 1.54) is 12.1 Å². The average Bonchev–Trinajstić information content (AvgIpc) is 3.55. The Hall–Kier alpha value is -4.73. The lowest BCUT2D eigenvalue weighted by Crippen LogP contribution is -2.31. The molecule has 6 N–H and O–H groups in total. The Kier molecular flexibility index (Phi) is 7.50. The van der Waals surface area contributed by atoms with E-state index in [1.807, 2.05) is 56.3 Å². The van der Waals surface area contributed by atoms with Gasteiger partial charge in [0.05, 0.1) is 40.3 Å². The number of carbonyl (C=O) groups excluding carboxylic acids is 1. The molecule has 0 aliphatic heterocycles. The number of primary amides is 1. The molecule has 204 valence electrons. The molecule has 0 fully saturated rings. The lowest BCUT2D eigenvalue weighted by molar-refractivity contribution is 0.0995. The first-order valence-corrected chi connectivity index (χ1v) is 13.1. The maximum absolute atomic E-state index is 13.8. The quantitative estimate of drug-likeness (QED) is 0.219. The Bertz CT molecular complexity index is 1840. The lowest BCUT2D eigenvalue weighted by Gasteiger charge is -2.15. The second-order valence-corrected chi connectivity index (χ2v) is 9.10. The number of aliphatic hydroxyl groups is 1. The van der Waals surface area contributed by atoms with E-state index in [4.69, 9.17) is 21.2 Å². The van der Waals surface area contributed by atoms with Gasteiger partial charge in [0, 0.05) is 28.1 Å². The Morgan fingerprint density at radius 1 is 1.05 bits per heavy atom. The van der Waals surface area contributed by atoms with E-state index < -0.39 is 11.9 Å². The molecule has 1 atom stereocenters. The number of fused-ring (bicyclic) bond motifs is 4. The molecule has 8 nitrogen and oxygen atoms in total. The van der Waals surface area contributed by atoms with Crippen LogP contribution in [0.1, 0.15) is 24.2 Å². The SMILES string of the molecule is CC.NC(=O)c1ccc(-n2c3ccccc3c3c(-c4nc5ccc(F)cc5[nH]4)cccc32)cc1OCC(N)CO. The molecule has 0 radical (unpaired) electrons. The number of aromatic nitrogens is 3. The molecule has 2 heterocycles. The summed E-state index contributed by atoms with van der Waals surface area (Å²) in [7, 11) is 0. The number of nitrogens with one attached hydrogen (secondary N) is 1.